The molecule has 2 atom stereocenters. The van der Waals surface area contributed by atoms with Crippen molar-refractivity contribution in [3.8, 4) is 0 Å². The Labute approximate surface area is 165 Å². The highest BCUT2D eigenvalue weighted by molar-refractivity contribution is 5.95. The maximum absolute atomic E-state index is 13.0. The van der Waals surface area contributed by atoms with E-state index >= 15 is 0 Å². The van der Waals surface area contributed by atoms with Crippen molar-refractivity contribution in [2.75, 3.05) is 6.54 Å². The summed E-state index contributed by atoms with van der Waals surface area (Å²) in [5.74, 6) is 0.521. The Balaban J connectivity index is 1.36. The van der Waals surface area contributed by atoms with E-state index < -0.39 is 0 Å². The number of aromatic nitrogens is 2. The normalized spacial score (nSPS) is 24.9. The third-order valence-corrected chi connectivity index (χ3v) is 6.28. The van der Waals surface area contributed by atoms with Crippen LogP contribution < -0.4 is 5.32 Å². The minimum Gasteiger partial charge on any atom is -0.347 e. The first-order chi connectivity index (χ1) is 13.6. The van der Waals surface area contributed by atoms with Crippen LogP contribution in [0.3, 0.4) is 0 Å². The van der Waals surface area contributed by atoms with Gasteiger partial charge >= 0.3 is 0 Å². The van der Waals surface area contributed by atoms with Gasteiger partial charge in [0.2, 0.25) is 0 Å². The van der Waals surface area contributed by atoms with Gasteiger partial charge in [-0.2, -0.15) is 0 Å². The molecule has 1 N–H and O–H groups in total. The SMILES string of the molecule is CCc1nc2cc(C)ccn2c1C(=O)NCC1=CC2CC23C=CC=CC3=CC1. The highest BCUT2D eigenvalue weighted by Crippen LogP contribution is 2.62. The Morgan fingerprint density at radius 1 is 1.39 bits per heavy atom. The molecule has 1 fully saturated rings. The van der Waals surface area contributed by atoms with Gasteiger partial charge in [0, 0.05) is 18.2 Å². The fourth-order valence-electron chi connectivity index (χ4n) is 4.62. The van der Waals surface area contributed by atoms with E-state index in [1.165, 1.54) is 17.6 Å². The average molecular weight is 371 g/mol. The average Bonchev–Trinajstić information content (AvgIpc) is 3.26. The van der Waals surface area contributed by atoms with Crippen molar-refractivity contribution in [1.29, 1.82) is 0 Å². The first-order valence-corrected chi connectivity index (χ1v) is 10.1. The molecule has 142 valence electrons. The minimum atomic E-state index is -0.0475. The molecule has 4 nitrogen and oxygen atoms in total. The van der Waals surface area contributed by atoms with Crippen LogP contribution in [-0.2, 0) is 6.42 Å². The third kappa shape index (κ3) is 2.67. The lowest BCUT2D eigenvalue weighted by molar-refractivity contribution is 0.0950. The Hall–Kier alpha value is -2.88. The van der Waals surface area contributed by atoms with Crippen LogP contribution in [0.15, 0.2) is 65.9 Å². The summed E-state index contributed by atoms with van der Waals surface area (Å²) in [6, 6.07) is 4.03. The van der Waals surface area contributed by atoms with E-state index in [1.54, 1.807) is 0 Å². The van der Waals surface area contributed by atoms with E-state index in [1.807, 2.05) is 36.6 Å². The molecule has 2 aromatic heterocycles. The van der Waals surface area contributed by atoms with Crippen LogP contribution >= 0.6 is 0 Å². The zero-order valence-corrected chi connectivity index (χ0v) is 16.4. The number of pyridine rings is 1. The van der Waals surface area contributed by atoms with Crippen LogP contribution in [0.1, 0.15) is 41.5 Å². The van der Waals surface area contributed by atoms with E-state index in [0.717, 1.165) is 29.7 Å². The van der Waals surface area contributed by atoms with Crippen molar-refractivity contribution in [3.63, 3.8) is 0 Å². The maximum atomic E-state index is 13.0. The van der Waals surface area contributed by atoms with Crippen molar-refractivity contribution in [3.05, 3.63) is 82.9 Å². The lowest BCUT2D eigenvalue weighted by atomic mass is 9.89. The lowest BCUT2D eigenvalue weighted by Crippen LogP contribution is -2.27. The second-order valence-electron chi connectivity index (χ2n) is 8.13. The molecule has 1 amide bonds. The summed E-state index contributed by atoms with van der Waals surface area (Å²) < 4.78 is 1.91. The smallest absolute Gasteiger partial charge is 0.270 e. The molecule has 0 bridgehead atoms. The summed E-state index contributed by atoms with van der Waals surface area (Å²) in [5, 5.41) is 3.15. The number of carbonyl (C=O) groups is 1. The Kier molecular flexibility index (Phi) is 3.90. The number of nitrogens with one attached hydrogen (secondary N) is 1. The largest absolute Gasteiger partial charge is 0.347 e. The third-order valence-electron chi connectivity index (χ3n) is 6.28. The predicted molar refractivity (Wildman–Crippen MR) is 111 cm³/mol. The number of aryl methyl sites for hydroxylation is 2. The van der Waals surface area contributed by atoms with Crippen LogP contribution in [0.2, 0.25) is 0 Å². The first kappa shape index (κ1) is 17.2. The molecule has 3 aliphatic carbocycles. The number of amides is 1. The number of rotatable bonds is 4. The molecule has 3 aliphatic rings. The summed E-state index contributed by atoms with van der Waals surface area (Å²) in [4.78, 5) is 17.7. The number of nitrogens with zero attached hydrogens (tertiary/aromatic N) is 2. The highest BCUT2D eigenvalue weighted by Gasteiger charge is 2.53. The van der Waals surface area contributed by atoms with Crippen LogP contribution in [0.25, 0.3) is 5.65 Å². The molecular weight excluding hydrogens is 346 g/mol. The molecule has 4 heteroatoms. The van der Waals surface area contributed by atoms with Crippen molar-refractivity contribution in [2.45, 2.75) is 33.1 Å². The predicted octanol–water partition coefficient (Wildman–Crippen LogP) is 4.32. The lowest BCUT2D eigenvalue weighted by Gasteiger charge is -2.15. The maximum Gasteiger partial charge on any atom is 0.270 e. The number of fused-ring (bicyclic) bond motifs is 1. The van der Waals surface area contributed by atoms with E-state index in [0.29, 0.717) is 18.2 Å². The monoisotopic (exact) mass is 371 g/mol. The molecule has 2 unspecified atom stereocenters. The van der Waals surface area contributed by atoms with Gasteiger partial charge in [-0.1, -0.05) is 49.0 Å². The molecule has 2 aromatic rings. The molecular formula is C24H25N3O. The molecule has 2 heterocycles. The highest BCUT2D eigenvalue weighted by atomic mass is 16.1. The first-order valence-electron chi connectivity index (χ1n) is 10.1. The summed E-state index contributed by atoms with van der Waals surface area (Å²) >= 11 is 0. The molecule has 28 heavy (non-hydrogen) atoms. The zero-order chi connectivity index (χ0) is 19.3. The number of allylic oxidation sites excluding steroid dienone is 7. The van der Waals surface area contributed by atoms with Gasteiger partial charge in [0.15, 0.2) is 0 Å². The topological polar surface area (TPSA) is 46.4 Å². The van der Waals surface area contributed by atoms with Crippen molar-refractivity contribution >= 4 is 11.6 Å². The van der Waals surface area contributed by atoms with Crippen molar-refractivity contribution < 1.29 is 4.79 Å². The van der Waals surface area contributed by atoms with Crippen molar-refractivity contribution in [1.82, 2.24) is 14.7 Å². The summed E-state index contributed by atoms with van der Waals surface area (Å²) in [7, 11) is 0. The Morgan fingerprint density at radius 2 is 2.29 bits per heavy atom. The molecule has 0 aromatic carbocycles. The van der Waals surface area contributed by atoms with Crippen LogP contribution in [-0.4, -0.2) is 21.8 Å². The molecule has 5 rings (SSSR count). The molecule has 0 saturated heterocycles. The van der Waals surface area contributed by atoms with Crippen LogP contribution in [0.4, 0.5) is 0 Å². The standard InChI is InChI=1S/C24H25N3O/c1-3-20-22(27-11-9-16(2)12-21(27)26-20)23(28)25-15-17-7-8-18-6-4-5-10-24(18)14-19(24)13-17/h4-6,8-13,19H,3,7,14-15H2,1-2H3,(H,25,28). The molecule has 1 spiro atoms. The van der Waals surface area contributed by atoms with Gasteiger partial charge in [-0.3, -0.25) is 9.20 Å². The van der Waals surface area contributed by atoms with Crippen LogP contribution in [0.5, 0.6) is 0 Å². The quantitative estimate of drug-likeness (QED) is 0.814. The number of carbonyl (C=O) groups excluding carboxylic acids is 1. The number of hydrogen-bond donors (Lipinski definition) is 1. The van der Waals surface area contributed by atoms with Gasteiger partial charge < -0.3 is 5.32 Å². The van der Waals surface area contributed by atoms with Crippen molar-refractivity contribution in [2.24, 2.45) is 11.3 Å². The fourth-order valence-corrected chi connectivity index (χ4v) is 4.62. The number of hydrogen-bond acceptors (Lipinski definition) is 2. The van der Waals surface area contributed by atoms with Gasteiger partial charge in [-0.05, 0) is 55.4 Å². The second-order valence-corrected chi connectivity index (χ2v) is 8.13. The van der Waals surface area contributed by atoms with Gasteiger partial charge in [0.05, 0.1) is 5.69 Å². The van der Waals surface area contributed by atoms with Crippen LogP contribution in [0, 0.1) is 18.3 Å². The molecule has 0 aliphatic heterocycles. The Morgan fingerprint density at radius 3 is 3.14 bits per heavy atom. The second kappa shape index (κ2) is 6.33. The minimum absolute atomic E-state index is 0.0475. The summed E-state index contributed by atoms with van der Waals surface area (Å²) in [6.07, 6.45) is 18.3. The van der Waals surface area contributed by atoms with E-state index in [-0.39, 0.29) is 11.3 Å². The van der Waals surface area contributed by atoms with Gasteiger partial charge in [-0.15, -0.1) is 0 Å². The van der Waals surface area contributed by atoms with Gasteiger partial charge in [-0.25, -0.2) is 4.98 Å². The van der Waals surface area contributed by atoms with E-state index in [4.69, 9.17) is 0 Å². The summed E-state index contributed by atoms with van der Waals surface area (Å²) in [6.45, 7) is 4.67. The van der Waals surface area contributed by atoms with E-state index in [2.05, 4.69) is 46.8 Å². The zero-order valence-electron chi connectivity index (χ0n) is 16.4. The van der Waals surface area contributed by atoms with Gasteiger partial charge in [0.1, 0.15) is 11.3 Å². The molecule has 1 saturated carbocycles. The number of imidazole rings is 1. The fraction of sp³-hybridized carbons (Fsp3) is 0.333. The Bertz CT molecular complexity index is 1100. The van der Waals surface area contributed by atoms with Gasteiger partial charge in [0.25, 0.3) is 5.91 Å². The molecule has 0 radical (unpaired) electrons. The summed E-state index contributed by atoms with van der Waals surface area (Å²) in [5.41, 5.74) is 6.45. The van der Waals surface area contributed by atoms with E-state index in [9.17, 15) is 4.79 Å².